The van der Waals surface area contributed by atoms with Crippen LogP contribution in [0.15, 0.2) is 42.5 Å². The number of aliphatic hydroxyl groups is 4. The molecule has 0 saturated carbocycles. The second-order valence-corrected chi connectivity index (χ2v) is 9.15. The van der Waals surface area contributed by atoms with E-state index in [2.05, 4.69) is 45.0 Å². The van der Waals surface area contributed by atoms with Gasteiger partial charge in [-0.3, -0.25) is 0 Å². The Hall–Kier alpha value is -1.47. The minimum atomic E-state index is -1.45. The number of halogens is 1. The molecule has 30 heavy (non-hydrogen) atoms. The molecule has 1 fully saturated rings. The number of hydrogen-bond donors (Lipinski definition) is 4. The predicted molar refractivity (Wildman–Crippen MR) is 117 cm³/mol. The zero-order valence-electron chi connectivity index (χ0n) is 17.8. The zero-order chi connectivity index (χ0) is 22.3. The Balaban J connectivity index is 2.06. The molecule has 2 aromatic rings. The van der Waals surface area contributed by atoms with Crippen molar-refractivity contribution in [2.45, 2.75) is 69.5 Å². The molecule has 0 spiro atoms. The summed E-state index contributed by atoms with van der Waals surface area (Å²) in [6.07, 6.45) is -4.25. The summed E-state index contributed by atoms with van der Waals surface area (Å²) in [5, 5.41) is 41.3. The minimum absolute atomic E-state index is 0.427. The van der Waals surface area contributed by atoms with Gasteiger partial charge < -0.3 is 25.2 Å². The molecule has 0 radical (unpaired) electrons. The summed E-state index contributed by atoms with van der Waals surface area (Å²) in [6.45, 7) is 7.44. The quantitative estimate of drug-likeness (QED) is 0.581. The van der Waals surface area contributed by atoms with Crippen LogP contribution in [0.2, 0.25) is 5.02 Å². The van der Waals surface area contributed by atoms with Crippen LogP contribution >= 0.6 is 11.6 Å². The van der Waals surface area contributed by atoms with Crippen LogP contribution in [0.3, 0.4) is 0 Å². The average molecular weight is 435 g/mol. The maximum absolute atomic E-state index is 10.7. The van der Waals surface area contributed by atoms with E-state index in [1.165, 1.54) is 5.56 Å². The summed E-state index contributed by atoms with van der Waals surface area (Å²) in [6, 6.07) is 13.8. The van der Waals surface area contributed by atoms with Gasteiger partial charge in [-0.2, -0.15) is 0 Å². The lowest BCUT2D eigenvalue weighted by molar-refractivity contribution is -0.273. The molecule has 4 N–H and O–H groups in total. The molecule has 1 heterocycles. The van der Waals surface area contributed by atoms with Gasteiger partial charge in [0.25, 0.3) is 0 Å². The number of rotatable bonds is 5. The number of benzene rings is 2. The highest BCUT2D eigenvalue weighted by Gasteiger charge is 2.51. The van der Waals surface area contributed by atoms with Gasteiger partial charge in [0.05, 0.1) is 6.61 Å². The lowest BCUT2D eigenvalue weighted by atomic mass is 9.75. The van der Waals surface area contributed by atoms with Gasteiger partial charge in [-0.15, -0.1) is 0 Å². The normalized spacial score (nSPS) is 29.8. The van der Waals surface area contributed by atoms with Crippen LogP contribution in [0.1, 0.15) is 49.9 Å². The van der Waals surface area contributed by atoms with E-state index in [1.807, 2.05) is 6.07 Å². The summed E-state index contributed by atoms with van der Waals surface area (Å²) in [5.74, 6) is 0. The molecule has 3 rings (SSSR count). The van der Waals surface area contributed by atoms with Crippen LogP contribution in [-0.2, 0) is 22.2 Å². The van der Waals surface area contributed by atoms with Crippen molar-refractivity contribution in [1.29, 1.82) is 0 Å². The van der Waals surface area contributed by atoms with Crippen LogP contribution in [0, 0.1) is 0 Å². The van der Waals surface area contributed by atoms with Crippen LogP contribution in [0.5, 0.6) is 0 Å². The summed E-state index contributed by atoms with van der Waals surface area (Å²) < 4.78 is 5.89. The van der Waals surface area contributed by atoms with Crippen molar-refractivity contribution in [1.82, 2.24) is 0 Å². The molecule has 0 bridgehead atoms. The fraction of sp³-hybridized carbons (Fsp3) is 0.500. The molecular weight excluding hydrogens is 404 g/mol. The Labute approximate surface area is 182 Å². The molecule has 2 aromatic carbocycles. The van der Waals surface area contributed by atoms with Gasteiger partial charge in [-0.25, -0.2) is 0 Å². The molecule has 5 nitrogen and oxygen atoms in total. The molecule has 1 saturated heterocycles. The third kappa shape index (κ3) is 3.91. The first kappa shape index (κ1) is 23.2. The van der Waals surface area contributed by atoms with Gasteiger partial charge in [-0.1, -0.05) is 68.8 Å². The van der Waals surface area contributed by atoms with Crippen molar-refractivity contribution in [2.24, 2.45) is 0 Å². The molecule has 1 aliphatic rings. The third-order valence-electron chi connectivity index (χ3n) is 6.49. The Morgan fingerprint density at radius 1 is 1.03 bits per heavy atom. The molecule has 0 aromatic heterocycles. The van der Waals surface area contributed by atoms with Crippen molar-refractivity contribution in [3.63, 3.8) is 0 Å². The molecule has 1 aliphatic heterocycles. The maximum Gasteiger partial charge on any atom is 0.119 e. The molecule has 0 aliphatic carbocycles. The topological polar surface area (TPSA) is 90.2 Å². The average Bonchev–Trinajstić information content (AvgIpc) is 2.75. The van der Waals surface area contributed by atoms with Gasteiger partial charge in [0.15, 0.2) is 0 Å². The summed E-state index contributed by atoms with van der Waals surface area (Å²) >= 11 is 6.58. The van der Waals surface area contributed by atoms with Gasteiger partial charge >= 0.3 is 0 Å². The van der Waals surface area contributed by atoms with E-state index < -0.39 is 42.0 Å². The molecule has 6 heteroatoms. The first-order valence-corrected chi connectivity index (χ1v) is 10.7. The van der Waals surface area contributed by atoms with Gasteiger partial charge in [0, 0.05) is 10.4 Å². The first-order chi connectivity index (χ1) is 14.1. The summed E-state index contributed by atoms with van der Waals surface area (Å²) in [4.78, 5) is 0. The Bertz CT molecular complexity index is 880. The number of aryl methyl sites for hydroxylation is 1. The van der Waals surface area contributed by atoms with Crippen molar-refractivity contribution < 1.29 is 25.2 Å². The van der Waals surface area contributed by atoms with Crippen molar-refractivity contribution >= 4 is 11.6 Å². The highest BCUT2D eigenvalue weighted by atomic mass is 35.5. The molecule has 164 valence electrons. The van der Waals surface area contributed by atoms with Crippen LogP contribution in [0.25, 0.3) is 0 Å². The second-order valence-electron chi connectivity index (χ2n) is 8.74. The van der Waals surface area contributed by atoms with Crippen LogP contribution in [0.4, 0.5) is 0 Å². The van der Waals surface area contributed by atoms with Crippen LogP contribution < -0.4 is 0 Å². The number of ether oxygens (including phenoxy) is 1. The number of hydrogen-bond acceptors (Lipinski definition) is 5. The fourth-order valence-electron chi connectivity index (χ4n) is 4.20. The second kappa shape index (κ2) is 8.58. The molecule has 5 atom stereocenters. The van der Waals surface area contributed by atoms with E-state index in [4.69, 9.17) is 16.3 Å². The molecule has 5 unspecified atom stereocenters. The zero-order valence-corrected chi connectivity index (χ0v) is 18.6. The Morgan fingerprint density at radius 3 is 2.23 bits per heavy atom. The predicted octanol–water partition coefficient (Wildman–Crippen LogP) is 2.92. The van der Waals surface area contributed by atoms with Crippen molar-refractivity contribution in [3.8, 4) is 0 Å². The third-order valence-corrected chi connectivity index (χ3v) is 6.82. The van der Waals surface area contributed by atoms with Crippen molar-refractivity contribution in [2.75, 3.05) is 6.61 Å². The van der Waals surface area contributed by atoms with E-state index >= 15 is 0 Å². The minimum Gasteiger partial charge on any atom is -0.394 e. The standard InChI is InChI=1S/C24H31ClO5/c1-5-14-6-8-15(9-7-14)23(2,3)17-12-16(10-11-18(17)25)24(4)22(29)21(28)20(27)19(13-26)30-24/h6-12,19-22,26-29H,5,13H2,1-4H3. The fourth-order valence-corrected chi connectivity index (χ4v) is 4.55. The smallest absolute Gasteiger partial charge is 0.119 e. The van der Waals surface area contributed by atoms with E-state index in [0.29, 0.717) is 10.6 Å². The maximum atomic E-state index is 10.7. The molecule has 0 amide bonds. The van der Waals surface area contributed by atoms with E-state index in [0.717, 1.165) is 17.5 Å². The monoisotopic (exact) mass is 434 g/mol. The summed E-state index contributed by atoms with van der Waals surface area (Å²) in [7, 11) is 0. The highest BCUT2D eigenvalue weighted by Crippen LogP contribution is 2.42. The Kier molecular flexibility index (Phi) is 6.63. The van der Waals surface area contributed by atoms with E-state index in [-0.39, 0.29) is 0 Å². The van der Waals surface area contributed by atoms with Crippen LogP contribution in [-0.4, -0.2) is 51.4 Å². The van der Waals surface area contributed by atoms with E-state index in [1.54, 1.807) is 19.1 Å². The first-order valence-electron chi connectivity index (χ1n) is 10.3. The lowest BCUT2D eigenvalue weighted by Crippen LogP contribution is -2.62. The van der Waals surface area contributed by atoms with Gasteiger partial charge in [0.1, 0.15) is 30.0 Å². The van der Waals surface area contributed by atoms with E-state index in [9.17, 15) is 20.4 Å². The number of aliphatic hydroxyl groups excluding tert-OH is 4. The van der Waals surface area contributed by atoms with Gasteiger partial charge in [0.2, 0.25) is 0 Å². The Morgan fingerprint density at radius 2 is 1.67 bits per heavy atom. The molecular formula is C24H31ClO5. The van der Waals surface area contributed by atoms with Gasteiger partial charge in [-0.05, 0) is 41.7 Å². The highest BCUT2D eigenvalue weighted by molar-refractivity contribution is 6.31. The lowest BCUT2D eigenvalue weighted by Gasteiger charge is -2.47. The summed E-state index contributed by atoms with van der Waals surface area (Å²) in [5.41, 5.74) is 2.05. The van der Waals surface area contributed by atoms with Crippen molar-refractivity contribution in [3.05, 3.63) is 69.7 Å². The SMILES string of the molecule is CCc1ccc(C(C)(C)c2cc(C3(C)OC(CO)C(O)C(O)C3O)ccc2Cl)cc1. The largest absolute Gasteiger partial charge is 0.394 e.